The largest absolute Gasteiger partial charge is 0.423 e. The van der Waals surface area contributed by atoms with Gasteiger partial charge < -0.3 is 19.2 Å². The number of hydrogen-bond acceptors (Lipinski definition) is 7. The number of nitrogens with one attached hydrogen (secondary N) is 1. The maximum Gasteiger partial charge on any atom is 0.298 e. The number of halogens is 1. The molecule has 9 heteroatoms. The molecular weight excluding hydrogens is 382 g/mol. The number of hydrogen-bond donors (Lipinski definition) is 1. The smallest absolute Gasteiger partial charge is 0.298 e. The molecule has 8 nitrogen and oxygen atoms in total. The number of carbonyl (C=O) groups is 1. The Morgan fingerprint density at radius 3 is 3.04 bits per heavy atom. The van der Waals surface area contributed by atoms with Crippen molar-refractivity contribution in [3.8, 4) is 0 Å². The molecule has 28 heavy (non-hydrogen) atoms. The number of rotatable bonds is 5. The van der Waals surface area contributed by atoms with Gasteiger partial charge in [-0.3, -0.25) is 4.79 Å². The number of aromatic nitrogens is 3. The summed E-state index contributed by atoms with van der Waals surface area (Å²) >= 11 is 6.02. The van der Waals surface area contributed by atoms with Crippen molar-refractivity contribution < 1.29 is 13.7 Å². The zero-order valence-corrected chi connectivity index (χ0v) is 16.0. The lowest BCUT2D eigenvalue weighted by Crippen LogP contribution is -2.43. The average Bonchev–Trinajstić information content (AvgIpc) is 3.30. The third-order valence-electron chi connectivity index (χ3n) is 5.24. The van der Waals surface area contributed by atoms with Crippen molar-refractivity contribution in [2.45, 2.75) is 38.1 Å². The van der Waals surface area contributed by atoms with Crippen LogP contribution in [0.2, 0.25) is 5.02 Å². The summed E-state index contributed by atoms with van der Waals surface area (Å²) in [5, 5.41) is 7.51. The van der Waals surface area contributed by atoms with Crippen molar-refractivity contribution in [1.82, 2.24) is 20.4 Å². The molecule has 1 N–H and O–H groups in total. The second kappa shape index (κ2) is 7.09. The maximum absolute atomic E-state index is 12.6. The van der Waals surface area contributed by atoms with E-state index in [1.165, 1.54) is 0 Å². The number of benzene rings is 1. The van der Waals surface area contributed by atoms with Crippen molar-refractivity contribution >= 4 is 34.6 Å². The summed E-state index contributed by atoms with van der Waals surface area (Å²) in [5.41, 5.74) is 1.41. The molecule has 1 aromatic carbocycles. The second-order valence-electron chi connectivity index (χ2n) is 7.43. The molecule has 146 valence electrons. The predicted octanol–water partition coefficient (Wildman–Crippen LogP) is 3.27. The topological polar surface area (TPSA) is 97.3 Å². The summed E-state index contributed by atoms with van der Waals surface area (Å²) in [4.78, 5) is 23.5. The molecule has 5 rings (SSSR count). The molecule has 2 aliphatic rings. The van der Waals surface area contributed by atoms with Crippen molar-refractivity contribution in [3.63, 3.8) is 0 Å². The fourth-order valence-electron chi connectivity index (χ4n) is 3.54. The van der Waals surface area contributed by atoms with E-state index in [1.807, 2.05) is 11.0 Å². The molecule has 1 aliphatic heterocycles. The Morgan fingerprint density at radius 2 is 2.18 bits per heavy atom. The van der Waals surface area contributed by atoms with Gasteiger partial charge in [0.05, 0.1) is 12.5 Å². The molecule has 1 amide bonds. The molecule has 2 fully saturated rings. The van der Waals surface area contributed by atoms with Crippen molar-refractivity contribution in [2.75, 3.05) is 18.0 Å². The van der Waals surface area contributed by atoms with Gasteiger partial charge in [0.2, 0.25) is 11.8 Å². The number of fused-ring (bicyclic) bond motifs is 1. The van der Waals surface area contributed by atoms with E-state index in [0.29, 0.717) is 35.0 Å². The third-order valence-corrected chi connectivity index (χ3v) is 5.48. The van der Waals surface area contributed by atoms with Crippen LogP contribution in [-0.2, 0) is 11.3 Å². The third kappa shape index (κ3) is 3.56. The highest BCUT2D eigenvalue weighted by atomic mass is 35.5. The minimum absolute atomic E-state index is 0.0185. The van der Waals surface area contributed by atoms with E-state index >= 15 is 0 Å². The van der Waals surface area contributed by atoms with E-state index in [-0.39, 0.29) is 18.4 Å². The van der Waals surface area contributed by atoms with Crippen molar-refractivity contribution in [2.24, 2.45) is 5.92 Å². The zero-order valence-electron chi connectivity index (χ0n) is 15.2. The molecule has 1 saturated heterocycles. The first-order valence-electron chi connectivity index (χ1n) is 9.57. The van der Waals surface area contributed by atoms with Gasteiger partial charge in [-0.1, -0.05) is 16.8 Å². The molecule has 0 radical (unpaired) electrons. The highest BCUT2D eigenvalue weighted by Crippen LogP contribution is 2.38. The van der Waals surface area contributed by atoms with Crippen molar-refractivity contribution in [1.29, 1.82) is 0 Å². The molecule has 1 atom stereocenters. The summed E-state index contributed by atoms with van der Waals surface area (Å²) in [6.45, 7) is 1.62. The number of anilines is 1. The minimum atomic E-state index is -0.141. The number of carbonyl (C=O) groups excluding carboxylic acids is 1. The zero-order chi connectivity index (χ0) is 19.1. The summed E-state index contributed by atoms with van der Waals surface area (Å²) in [6.07, 6.45) is 3.95. The van der Waals surface area contributed by atoms with Crippen LogP contribution in [0.4, 0.5) is 6.01 Å². The van der Waals surface area contributed by atoms with Crippen LogP contribution in [-0.4, -0.2) is 34.1 Å². The maximum atomic E-state index is 12.6. The SMILES string of the molecule is O=C(NCc1nc(C2CC2)no1)C1CCCN(c2nc3cc(Cl)ccc3o2)C1. The van der Waals surface area contributed by atoms with Gasteiger partial charge in [0.25, 0.3) is 6.01 Å². The summed E-state index contributed by atoms with van der Waals surface area (Å²) in [7, 11) is 0. The molecule has 0 spiro atoms. The van der Waals surface area contributed by atoms with E-state index in [2.05, 4.69) is 20.4 Å². The molecular formula is C19H20ClN5O3. The van der Waals surface area contributed by atoms with Gasteiger partial charge in [-0.2, -0.15) is 9.97 Å². The predicted molar refractivity (Wildman–Crippen MR) is 102 cm³/mol. The van der Waals surface area contributed by atoms with Gasteiger partial charge in [0.1, 0.15) is 5.52 Å². The van der Waals surface area contributed by atoms with Crippen LogP contribution in [0.25, 0.3) is 11.1 Å². The van der Waals surface area contributed by atoms with E-state index in [1.54, 1.807) is 12.1 Å². The van der Waals surface area contributed by atoms with Gasteiger partial charge in [0, 0.05) is 24.0 Å². The Morgan fingerprint density at radius 1 is 1.29 bits per heavy atom. The highest BCUT2D eigenvalue weighted by molar-refractivity contribution is 6.31. The van der Waals surface area contributed by atoms with Crippen LogP contribution in [0.1, 0.15) is 43.3 Å². The quantitative estimate of drug-likeness (QED) is 0.700. The van der Waals surface area contributed by atoms with Gasteiger partial charge in [-0.25, -0.2) is 0 Å². The Labute approximate surface area is 166 Å². The Bertz CT molecular complexity index is 1010. The Kier molecular flexibility index (Phi) is 4.43. The van der Waals surface area contributed by atoms with E-state index in [0.717, 1.165) is 43.6 Å². The monoisotopic (exact) mass is 401 g/mol. The van der Waals surface area contributed by atoms with Crippen LogP contribution in [0.15, 0.2) is 27.1 Å². The number of nitrogens with zero attached hydrogens (tertiary/aromatic N) is 4. The molecule has 2 aromatic heterocycles. The minimum Gasteiger partial charge on any atom is -0.423 e. The number of oxazole rings is 1. The molecule has 1 unspecified atom stereocenters. The fourth-order valence-corrected chi connectivity index (χ4v) is 3.71. The second-order valence-corrected chi connectivity index (χ2v) is 7.87. The van der Waals surface area contributed by atoms with Gasteiger partial charge in [-0.05, 0) is 43.9 Å². The van der Waals surface area contributed by atoms with Crippen LogP contribution in [0, 0.1) is 5.92 Å². The molecule has 3 aromatic rings. The molecule has 0 bridgehead atoms. The van der Waals surface area contributed by atoms with Crippen molar-refractivity contribution in [3.05, 3.63) is 34.9 Å². The lowest BCUT2D eigenvalue weighted by atomic mass is 9.97. The fraction of sp³-hybridized carbons (Fsp3) is 0.474. The van der Waals surface area contributed by atoms with Crippen LogP contribution >= 0.6 is 11.6 Å². The first-order valence-corrected chi connectivity index (χ1v) is 9.95. The standard InChI is InChI=1S/C19H20ClN5O3/c20-13-5-6-15-14(8-13)22-19(27-15)25-7-1-2-12(10-25)18(26)21-9-16-23-17(24-28-16)11-3-4-11/h5-6,8,11-12H,1-4,7,9-10H2,(H,21,26). The van der Waals surface area contributed by atoms with E-state index in [4.69, 9.17) is 20.5 Å². The van der Waals surface area contributed by atoms with Gasteiger partial charge >= 0.3 is 0 Å². The summed E-state index contributed by atoms with van der Waals surface area (Å²) in [6, 6.07) is 5.89. The van der Waals surface area contributed by atoms with E-state index in [9.17, 15) is 4.79 Å². The first-order chi connectivity index (χ1) is 13.7. The lowest BCUT2D eigenvalue weighted by molar-refractivity contribution is -0.125. The lowest BCUT2D eigenvalue weighted by Gasteiger charge is -2.30. The highest BCUT2D eigenvalue weighted by Gasteiger charge is 2.30. The molecule has 3 heterocycles. The molecule has 1 saturated carbocycles. The van der Waals surface area contributed by atoms with Crippen LogP contribution in [0.5, 0.6) is 0 Å². The summed E-state index contributed by atoms with van der Waals surface area (Å²) < 4.78 is 11.1. The van der Waals surface area contributed by atoms with E-state index < -0.39 is 0 Å². The Balaban J connectivity index is 1.22. The van der Waals surface area contributed by atoms with Gasteiger partial charge in [-0.15, -0.1) is 0 Å². The first kappa shape index (κ1) is 17.5. The Hall–Kier alpha value is -2.61. The summed E-state index contributed by atoms with van der Waals surface area (Å²) in [5.74, 6) is 1.49. The van der Waals surface area contributed by atoms with Gasteiger partial charge in [0.15, 0.2) is 11.4 Å². The number of amides is 1. The average molecular weight is 402 g/mol. The van der Waals surface area contributed by atoms with Crippen LogP contribution in [0.3, 0.4) is 0 Å². The molecule has 1 aliphatic carbocycles. The van der Waals surface area contributed by atoms with Crippen LogP contribution < -0.4 is 10.2 Å². The number of piperidine rings is 1. The normalized spacial score (nSPS) is 19.9.